The van der Waals surface area contributed by atoms with E-state index >= 15 is 0 Å². The predicted octanol–water partition coefficient (Wildman–Crippen LogP) is 9.30. The van der Waals surface area contributed by atoms with Gasteiger partial charge in [-0.15, -0.1) is 0 Å². The maximum atomic E-state index is 6.09. The second-order valence-corrected chi connectivity index (χ2v) is 10.9. The lowest BCUT2D eigenvalue weighted by atomic mass is 9.76. The fourth-order valence-electron chi connectivity index (χ4n) is 6.19. The average Bonchev–Trinajstić information content (AvgIpc) is 3.50. The van der Waals surface area contributed by atoms with Gasteiger partial charge in [-0.3, -0.25) is 4.99 Å². The van der Waals surface area contributed by atoms with Gasteiger partial charge in [0.25, 0.3) is 0 Å². The Morgan fingerprint density at radius 3 is 2.58 bits per heavy atom. The Morgan fingerprint density at radius 1 is 0.875 bits per heavy atom. The van der Waals surface area contributed by atoms with E-state index in [4.69, 9.17) is 9.73 Å². The summed E-state index contributed by atoms with van der Waals surface area (Å²) in [5, 5.41) is 6.30. The van der Waals surface area contributed by atoms with Crippen molar-refractivity contribution in [2.75, 3.05) is 5.32 Å². The standard InChI is InChI=1S/C37H32N2O/c1-25-12-21-36-35(22-25)33-10-5-11-34(33)37(39-36)28-15-17-30(18-16-28)38-23-26-13-19-31(20-14-26)40-24-29-8-4-7-27-6-2-3-9-32(27)29/h2-10,12-23,33-34,37,39H,11,24H2,1H3/t33-,34+,37-/m1/s1. The highest BCUT2D eigenvalue weighted by molar-refractivity contribution is 5.85. The maximum Gasteiger partial charge on any atom is 0.119 e. The van der Waals surface area contributed by atoms with E-state index in [2.05, 4.69) is 121 Å². The molecule has 1 aliphatic heterocycles. The third-order valence-corrected chi connectivity index (χ3v) is 8.29. The van der Waals surface area contributed by atoms with E-state index < -0.39 is 0 Å². The lowest BCUT2D eigenvalue weighted by Gasteiger charge is -2.37. The van der Waals surface area contributed by atoms with Crippen LogP contribution in [0.3, 0.4) is 0 Å². The number of anilines is 1. The third-order valence-electron chi connectivity index (χ3n) is 8.29. The van der Waals surface area contributed by atoms with Crippen LogP contribution in [0, 0.1) is 12.8 Å². The molecule has 0 unspecified atom stereocenters. The van der Waals surface area contributed by atoms with E-state index in [9.17, 15) is 0 Å². The summed E-state index contributed by atoms with van der Waals surface area (Å²) in [6.07, 6.45) is 7.77. The first-order valence-electron chi connectivity index (χ1n) is 14.1. The molecule has 0 radical (unpaired) electrons. The summed E-state index contributed by atoms with van der Waals surface area (Å²) in [4.78, 5) is 4.73. The number of aliphatic imine (C=N–C) groups is 1. The lowest BCUT2D eigenvalue weighted by molar-refractivity contribution is 0.307. The molecule has 1 N–H and O–H groups in total. The first-order chi connectivity index (χ1) is 19.7. The molecule has 0 spiro atoms. The molecule has 40 heavy (non-hydrogen) atoms. The quantitative estimate of drug-likeness (QED) is 0.179. The molecular weight excluding hydrogens is 488 g/mol. The number of nitrogens with one attached hydrogen (secondary N) is 1. The van der Waals surface area contributed by atoms with E-state index in [0.717, 1.165) is 23.4 Å². The van der Waals surface area contributed by atoms with Crippen molar-refractivity contribution < 1.29 is 4.74 Å². The SMILES string of the molecule is Cc1ccc2c(c1)[C@@H]1C=CC[C@@H]1[C@@H](c1ccc(N=Cc3ccc(OCc4cccc5ccccc45)cc3)cc1)N2. The van der Waals surface area contributed by atoms with Crippen LogP contribution in [0.15, 0.2) is 126 Å². The van der Waals surface area contributed by atoms with Crippen molar-refractivity contribution in [2.45, 2.75) is 31.9 Å². The minimum Gasteiger partial charge on any atom is -0.489 e. The summed E-state index contributed by atoms with van der Waals surface area (Å²) < 4.78 is 6.09. The summed E-state index contributed by atoms with van der Waals surface area (Å²) in [6, 6.07) is 38.7. The minimum absolute atomic E-state index is 0.301. The first-order valence-corrected chi connectivity index (χ1v) is 14.1. The van der Waals surface area contributed by atoms with Gasteiger partial charge in [0.1, 0.15) is 12.4 Å². The van der Waals surface area contributed by atoms with Gasteiger partial charge in [0.2, 0.25) is 0 Å². The van der Waals surface area contributed by atoms with Gasteiger partial charge in [-0.25, -0.2) is 0 Å². The van der Waals surface area contributed by atoms with Crippen LogP contribution in [0.1, 0.15) is 46.2 Å². The van der Waals surface area contributed by atoms with Gasteiger partial charge in [-0.2, -0.15) is 0 Å². The molecule has 0 saturated carbocycles. The first kappa shape index (κ1) is 24.4. The minimum atomic E-state index is 0.301. The van der Waals surface area contributed by atoms with Crippen molar-refractivity contribution in [2.24, 2.45) is 10.9 Å². The number of rotatable bonds is 6. The average molecular weight is 521 g/mol. The topological polar surface area (TPSA) is 33.6 Å². The van der Waals surface area contributed by atoms with Crippen molar-refractivity contribution >= 4 is 28.4 Å². The van der Waals surface area contributed by atoms with Crippen molar-refractivity contribution in [3.63, 3.8) is 0 Å². The molecule has 1 aliphatic carbocycles. The van der Waals surface area contributed by atoms with Crippen LogP contribution in [-0.4, -0.2) is 6.21 Å². The Morgan fingerprint density at radius 2 is 1.70 bits per heavy atom. The van der Waals surface area contributed by atoms with Crippen LogP contribution < -0.4 is 10.1 Å². The highest BCUT2D eigenvalue weighted by Gasteiger charge is 2.37. The van der Waals surface area contributed by atoms with Gasteiger partial charge in [0.05, 0.1) is 11.7 Å². The fourth-order valence-corrected chi connectivity index (χ4v) is 6.19. The molecule has 196 valence electrons. The monoisotopic (exact) mass is 520 g/mol. The second kappa shape index (κ2) is 10.5. The van der Waals surface area contributed by atoms with Gasteiger partial charge in [0.15, 0.2) is 0 Å². The molecule has 1 heterocycles. The zero-order valence-corrected chi connectivity index (χ0v) is 22.6. The molecule has 0 amide bonds. The Hall–Kier alpha value is -4.63. The number of ether oxygens (including phenoxy) is 1. The molecule has 0 fully saturated rings. The van der Waals surface area contributed by atoms with Crippen LogP contribution in [0.5, 0.6) is 5.75 Å². The molecule has 5 aromatic carbocycles. The number of hydrogen-bond donors (Lipinski definition) is 1. The largest absolute Gasteiger partial charge is 0.489 e. The van der Waals surface area contributed by atoms with Crippen LogP contribution in [-0.2, 0) is 6.61 Å². The highest BCUT2D eigenvalue weighted by Crippen LogP contribution is 2.50. The predicted molar refractivity (Wildman–Crippen MR) is 166 cm³/mol. The number of nitrogens with zero attached hydrogens (tertiary/aromatic N) is 1. The normalized spacial score (nSPS) is 19.4. The van der Waals surface area contributed by atoms with E-state index in [-0.39, 0.29) is 0 Å². The number of fused-ring (bicyclic) bond motifs is 4. The Balaban J connectivity index is 1.01. The Labute approximate surface area is 235 Å². The number of allylic oxidation sites excluding steroid dienone is 2. The molecule has 7 rings (SSSR count). The second-order valence-electron chi connectivity index (χ2n) is 10.9. The highest BCUT2D eigenvalue weighted by atomic mass is 16.5. The fraction of sp³-hybridized carbons (Fsp3) is 0.162. The third kappa shape index (κ3) is 4.80. The van der Waals surface area contributed by atoms with Crippen LogP contribution in [0.4, 0.5) is 11.4 Å². The van der Waals surface area contributed by atoms with Gasteiger partial charge in [-0.1, -0.05) is 84.4 Å². The van der Waals surface area contributed by atoms with Crippen LogP contribution in [0.2, 0.25) is 0 Å². The molecule has 5 aromatic rings. The van der Waals surface area contributed by atoms with Crippen molar-refractivity contribution in [1.82, 2.24) is 0 Å². The zero-order chi connectivity index (χ0) is 26.9. The van der Waals surface area contributed by atoms with Crippen LogP contribution in [0.25, 0.3) is 10.8 Å². The van der Waals surface area contributed by atoms with Crippen molar-refractivity contribution in [1.29, 1.82) is 0 Å². The van der Waals surface area contributed by atoms with E-state index in [1.165, 1.54) is 38.7 Å². The lowest BCUT2D eigenvalue weighted by Crippen LogP contribution is -2.29. The molecular formula is C37H32N2O. The molecule has 0 bridgehead atoms. The molecule has 2 aliphatic rings. The summed E-state index contributed by atoms with van der Waals surface area (Å²) in [6.45, 7) is 2.72. The molecule has 3 heteroatoms. The Kier molecular flexibility index (Phi) is 6.41. The van der Waals surface area contributed by atoms with Gasteiger partial charge >= 0.3 is 0 Å². The zero-order valence-electron chi connectivity index (χ0n) is 22.6. The molecule has 0 saturated heterocycles. The summed E-state index contributed by atoms with van der Waals surface area (Å²) in [5.41, 5.74) is 8.51. The summed E-state index contributed by atoms with van der Waals surface area (Å²) in [7, 11) is 0. The number of hydrogen-bond acceptors (Lipinski definition) is 3. The summed E-state index contributed by atoms with van der Waals surface area (Å²) in [5.74, 6) is 1.88. The van der Waals surface area contributed by atoms with E-state index in [1.54, 1.807) is 0 Å². The smallest absolute Gasteiger partial charge is 0.119 e. The van der Waals surface area contributed by atoms with Crippen LogP contribution >= 0.6 is 0 Å². The maximum absolute atomic E-state index is 6.09. The number of aryl methyl sites for hydroxylation is 1. The molecule has 3 nitrogen and oxygen atoms in total. The molecule has 0 aromatic heterocycles. The molecule has 3 atom stereocenters. The van der Waals surface area contributed by atoms with E-state index in [1.807, 2.05) is 18.3 Å². The van der Waals surface area contributed by atoms with Crippen molar-refractivity contribution in [3.8, 4) is 5.75 Å². The van der Waals surface area contributed by atoms with Gasteiger partial charge < -0.3 is 10.1 Å². The number of benzene rings is 5. The summed E-state index contributed by atoms with van der Waals surface area (Å²) >= 11 is 0. The van der Waals surface area contributed by atoms with Gasteiger partial charge in [0, 0.05) is 17.8 Å². The Bertz CT molecular complexity index is 1710. The van der Waals surface area contributed by atoms with Crippen molar-refractivity contribution in [3.05, 3.63) is 149 Å². The van der Waals surface area contributed by atoms with Gasteiger partial charge in [-0.05, 0) is 94.8 Å². The van der Waals surface area contributed by atoms with E-state index in [0.29, 0.717) is 24.5 Å².